The fourth-order valence-corrected chi connectivity index (χ4v) is 4.81. The van der Waals surface area contributed by atoms with Crippen LogP contribution < -0.4 is 0 Å². The molecule has 2 aromatic rings. The van der Waals surface area contributed by atoms with Gasteiger partial charge in [-0.05, 0) is 61.5 Å². The number of carbonyl (C=O) groups excluding carboxylic acids is 1. The Labute approximate surface area is 156 Å². The van der Waals surface area contributed by atoms with Crippen molar-refractivity contribution in [2.45, 2.75) is 31.6 Å². The van der Waals surface area contributed by atoms with Crippen molar-refractivity contribution in [1.82, 2.24) is 15.0 Å². The third-order valence-corrected chi connectivity index (χ3v) is 6.25. The molecule has 0 bridgehead atoms. The molecule has 0 radical (unpaired) electrons. The van der Waals surface area contributed by atoms with E-state index in [0.29, 0.717) is 18.3 Å². The van der Waals surface area contributed by atoms with E-state index in [1.807, 2.05) is 16.7 Å². The molecule has 2 fully saturated rings. The van der Waals surface area contributed by atoms with Crippen molar-refractivity contribution in [3.8, 4) is 11.4 Å². The fraction of sp³-hybridized carbons (Fsp3) is 0.526. The van der Waals surface area contributed by atoms with Crippen LogP contribution in [0.25, 0.3) is 11.4 Å². The van der Waals surface area contributed by atoms with Crippen LogP contribution >= 0.6 is 11.8 Å². The Morgan fingerprint density at radius 2 is 1.96 bits per heavy atom. The third kappa shape index (κ3) is 3.77. The third-order valence-electron chi connectivity index (χ3n) is 5.20. The second kappa shape index (κ2) is 7.78. The fourth-order valence-electron chi connectivity index (χ4n) is 3.70. The van der Waals surface area contributed by atoms with Crippen molar-refractivity contribution >= 4 is 17.7 Å². The van der Waals surface area contributed by atoms with Gasteiger partial charge in [0.15, 0.2) is 0 Å². The summed E-state index contributed by atoms with van der Waals surface area (Å²) >= 11 is 1.93. The molecule has 2 aliphatic rings. The van der Waals surface area contributed by atoms with Crippen LogP contribution in [0.1, 0.15) is 37.5 Å². The van der Waals surface area contributed by atoms with Crippen molar-refractivity contribution in [3.63, 3.8) is 0 Å². The molecule has 2 aliphatic heterocycles. The smallest absolute Gasteiger partial charge is 0.231 e. The van der Waals surface area contributed by atoms with Gasteiger partial charge in [0.1, 0.15) is 5.82 Å². The normalized spacial score (nSPS) is 21.7. The van der Waals surface area contributed by atoms with Gasteiger partial charge in [0, 0.05) is 24.6 Å². The number of amides is 1. The van der Waals surface area contributed by atoms with Gasteiger partial charge >= 0.3 is 0 Å². The maximum atomic E-state index is 13.1. The summed E-state index contributed by atoms with van der Waals surface area (Å²) in [5.41, 5.74) is 0.727. The van der Waals surface area contributed by atoms with Gasteiger partial charge in [0.2, 0.25) is 17.6 Å². The van der Waals surface area contributed by atoms with Crippen LogP contribution in [0.5, 0.6) is 0 Å². The first kappa shape index (κ1) is 17.5. The number of halogens is 1. The SMILES string of the molecule is O=C(C1CCSCC1)N1CCCC(c2nc(-c3ccc(F)cc3)no2)C1. The van der Waals surface area contributed by atoms with E-state index in [1.54, 1.807) is 12.1 Å². The molecule has 1 aromatic carbocycles. The van der Waals surface area contributed by atoms with Crippen LogP contribution in [-0.2, 0) is 4.79 Å². The van der Waals surface area contributed by atoms with E-state index < -0.39 is 0 Å². The topological polar surface area (TPSA) is 59.2 Å². The lowest BCUT2D eigenvalue weighted by atomic mass is 9.94. The van der Waals surface area contributed by atoms with Gasteiger partial charge in [-0.3, -0.25) is 4.79 Å². The second-order valence-electron chi connectivity index (χ2n) is 6.97. The quantitative estimate of drug-likeness (QED) is 0.818. The number of benzene rings is 1. The molecule has 4 rings (SSSR count). The van der Waals surface area contributed by atoms with Crippen molar-refractivity contribution in [1.29, 1.82) is 0 Å². The summed E-state index contributed by atoms with van der Waals surface area (Å²) in [5.74, 6) is 3.44. The zero-order valence-electron chi connectivity index (χ0n) is 14.6. The molecular formula is C19H22FN3O2S. The average molecular weight is 375 g/mol. The van der Waals surface area contributed by atoms with E-state index in [4.69, 9.17) is 4.52 Å². The number of likely N-dealkylation sites (tertiary alicyclic amines) is 1. The average Bonchev–Trinajstić information content (AvgIpc) is 3.19. The van der Waals surface area contributed by atoms with Gasteiger partial charge in [-0.1, -0.05) is 5.16 Å². The molecule has 0 N–H and O–H groups in total. The number of hydrogen-bond donors (Lipinski definition) is 0. The van der Waals surface area contributed by atoms with E-state index in [2.05, 4.69) is 10.1 Å². The zero-order chi connectivity index (χ0) is 17.9. The minimum absolute atomic E-state index is 0.0763. The summed E-state index contributed by atoms with van der Waals surface area (Å²) in [6.07, 6.45) is 3.86. The highest BCUT2D eigenvalue weighted by Crippen LogP contribution is 2.30. The minimum atomic E-state index is -0.292. The highest BCUT2D eigenvalue weighted by atomic mass is 32.2. The maximum Gasteiger partial charge on any atom is 0.231 e. The largest absolute Gasteiger partial charge is 0.342 e. The van der Waals surface area contributed by atoms with E-state index >= 15 is 0 Å². The highest BCUT2D eigenvalue weighted by Gasteiger charge is 2.32. The molecule has 3 heterocycles. The maximum absolute atomic E-state index is 13.1. The minimum Gasteiger partial charge on any atom is -0.342 e. The molecule has 7 heteroatoms. The van der Waals surface area contributed by atoms with Gasteiger partial charge in [0.25, 0.3) is 0 Å². The second-order valence-corrected chi connectivity index (χ2v) is 8.20. The van der Waals surface area contributed by atoms with Crippen LogP contribution in [0.3, 0.4) is 0 Å². The number of aromatic nitrogens is 2. The lowest BCUT2D eigenvalue weighted by Gasteiger charge is -2.34. The van der Waals surface area contributed by atoms with Crippen LogP contribution in [-0.4, -0.2) is 45.5 Å². The predicted octanol–water partition coefficient (Wildman–Crippen LogP) is 3.72. The number of carbonyl (C=O) groups is 1. The summed E-state index contributed by atoms with van der Waals surface area (Å²) in [5, 5.41) is 4.04. The monoisotopic (exact) mass is 375 g/mol. The molecule has 5 nitrogen and oxygen atoms in total. The highest BCUT2D eigenvalue weighted by molar-refractivity contribution is 7.99. The van der Waals surface area contributed by atoms with Gasteiger partial charge in [-0.15, -0.1) is 0 Å². The Balaban J connectivity index is 1.44. The Kier molecular flexibility index (Phi) is 5.24. The first-order valence-electron chi connectivity index (χ1n) is 9.17. The summed E-state index contributed by atoms with van der Waals surface area (Å²) in [6.45, 7) is 1.46. The van der Waals surface area contributed by atoms with E-state index in [0.717, 1.165) is 49.3 Å². The summed E-state index contributed by atoms with van der Waals surface area (Å²) in [7, 11) is 0. The van der Waals surface area contributed by atoms with Gasteiger partial charge in [-0.2, -0.15) is 16.7 Å². The molecule has 138 valence electrons. The Hall–Kier alpha value is -1.89. The molecule has 2 saturated heterocycles. The van der Waals surface area contributed by atoms with Gasteiger partial charge in [0.05, 0.1) is 5.92 Å². The molecule has 1 aromatic heterocycles. The van der Waals surface area contributed by atoms with Crippen LogP contribution in [0.2, 0.25) is 0 Å². The van der Waals surface area contributed by atoms with Crippen molar-refractivity contribution in [2.75, 3.05) is 24.6 Å². The van der Waals surface area contributed by atoms with Crippen molar-refractivity contribution < 1.29 is 13.7 Å². The summed E-state index contributed by atoms with van der Waals surface area (Å²) < 4.78 is 18.5. The number of piperidine rings is 1. The number of rotatable bonds is 3. The van der Waals surface area contributed by atoms with Crippen molar-refractivity contribution in [3.05, 3.63) is 36.0 Å². The molecule has 0 spiro atoms. The first-order chi connectivity index (χ1) is 12.7. The molecule has 1 atom stereocenters. The van der Waals surface area contributed by atoms with Crippen LogP contribution in [0, 0.1) is 11.7 Å². The Morgan fingerprint density at radius 3 is 2.73 bits per heavy atom. The van der Waals surface area contributed by atoms with Crippen LogP contribution in [0.15, 0.2) is 28.8 Å². The first-order valence-corrected chi connectivity index (χ1v) is 10.3. The molecule has 0 saturated carbocycles. The molecule has 0 aliphatic carbocycles. The Bertz CT molecular complexity index is 758. The predicted molar refractivity (Wildman–Crippen MR) is 98.3 cm³/mol. The lowest BCUT2D eigenvalue weighted by molar-refractivity contribution is -0.137. The van der Waals surface area contributed by atoms with Gasteiger partial charge < -0.3 is 9.42 Å². The number of hydrogen-bond acceptors (Lipinski definition) is 5. The summed E-state index contributed by atoms with van der Waals surface area (Å²) in [6, 6.07) is 6.05. The Morgan fingerprint density at radius 1 is 1.19 bits per heavy atom. The number of nitrogens with zero attached hydrogens (tertiary/aromatic N) is 3. The number of thioether (sulfide) groups is 1. The summed E-state index contributed by atoms with van der Waals surface area (Å²) in [4.78, 5) is 19.3. The molecule has 1 unspecified atom stereocenters. The molecule has 26 heavy (non-hydrogen) atoms. The van der Waals surface area contributed by atoms with E-state index in [-0.39, 0.29) is 23.6 Å². The van der Waals surface area contributed by atoms with E-state index in [9.17, 15) is 9.18 Å². The van der Waals surface area contributed by atoms with Crippen molar-refractivity contribution in [2.24, 2.45) is 5.92 Å². The van der Waals surface area contributed by atoms with E-state index in [1.165, 1.54) is 12.1 Å². The zero-order valence-corrected chi connectivity index (χ0v) is 15.4. The molecule has 1 amide bonds. The standard InChI is InChI=1S/C19H22FN3O2S/c20-16-5-3-13(4-6-16)17-21-18(25-22-17)15-2-1-9-23(12-15)19(24)14-7-10-26-11-8-14/h3-6,14-15H,1-2,7-12H2. The lowest BCUT2D eigenvalue weighted by Crippen LogP contribution is -2.43. The molecular weight excluding hydrogens is 353 g/mol. The van der Waals surface area contributed by atoms with Crippen LogP contribution in [0.4, 0.5) is 4.39 Å². The van der Waals surface area contributed by atoms with Gasteiger partial charge in [-0.25, -0.2) is 4.39 Å².